The van der Waals surface area contributed by atoms with Crippen LogP contribution in [0.3, 0.4) is 0 Å². The van der Waals surface area contributed by atoms with Crippen LogP contribution in [-0.2, 0) is 6.54 Å². The van der Waals surface area contributed by atoms with Gasteiger partial charge in [0.15, 0.2) is 0 Å². The zero-order valence-corrected chi connectivity index (χ0v) is 10.7. The van der Waals surface area contributed by atoms with Gasteiger partial charge in [0.05, 0.1) is 10.7 Å². The van der Waals surface area contributed by atoms with Crippen LogP contribution in [0.5, 0.6) is 0 Å². The Morgan fingerprint density at radius 2 is 2.20 bits per heavy atom. The minimum atomic E-state index is 0.554. The van der Waals surface area contributed by atoms with E-state index in [1.807, 2.05) is 18.4 Å². The molecule has 3 heteroatoms. The normalized spacial score (nSPS) is 17.1. The molecule has 1 N–H and O–H groups in total. The fourth-order valence-corrected chi connectivity index (χ4v) is 3.35. The molecule has 84 valence electrons. The van der Waals surface area contributed by atoms with Gasteiger partial charge in [-0.2, -0.15) is 0 Å². The van der Waals surface area contributed by atoms with E-state index < -0.39 is 0 Å². The molecule has 0 spiro atoms. The van der Waals surface area contributed by atoms with E-state index in [0.29, 0.717) is 5.92 Å². The fourth-order valence-electron chi connectivity index (χ4n) is 1.95. The Kier molecular flexibility index (Phi) is 3.42. The third-order valence-corrected chi connectivity index (χ3v) is 4.32. The van der Waals surface area contributed by atoms with Crippen LogP contribution in [0.2, 0.25) is 0 Å². The van der Waals surface area contributed by atoms with Gasteiger partial charge < -0.3 is 5.32 Å². The summed E-state index contributed by atoms with van der Waals surface area (Å²) in [6.45, 7) is 5.44. The number of hydrogen-bond donors (Lipinski definition) is 1. The third-order valence-electron chi connectivity index (χ3n) is 3.08. The summed E-state index contributed by atoms with van der Waals surface area (Å²) >= 11 is 1.92. The van der Waals surface area contributed by atoms with Crippen molar-refractivity contribution in [1.82, 2.24) is 10.3 Å². The van der Waals surface area contributed by atoms with Crippen LogP contribution in [0.25, 0.3) is 0 Å². The van der Waals surface area contributed by atoms with Crippen molar-refractivity contribution in [3.8, 4) is 0 Å². The Bertz CT molecular complexity index is 326. The molecule has 2 nitrogen and oxygen atoms in total. The topological polar surface area (TPSA) is 24.9 Å². The van der Waals surface area contributed by atoms with Crippen molar-refractivity contribution >= 4 is 11.3 Å². The Labute approximate surface area is 96.1 Å². The Morgan fingerprint density at radius 3 is 2.67 bits per heavy atom. The van der Waals surface area contributed by atoms with E-state index in [4.69, 9.17) is 4.98 Å². The van der Waals surface area contributed by atoms with E-state index in [0.717, 1.165) is 12.5 Å². The first-order valence-electron chi connectivity index (χ1n) is 5.86. The van der Waals surface area contributed by atoms with Gasteiger partial charge in [-0.3, -0.25) is 0 Å². The monoisotopic (exact) mass is 224 g/mol. The van der Waals surface area contributed by atoms with Gasteiger partial charge >= 0.3 is 0 Å². The molecule has 0 radical (unpaired) electrons. The van der Waals surface area contributed by atoms with E-state index in [-0.39, 0.29) is 0 Å². The van der Waals surface area contributed by atoms with Gasteiger partial charge in [0.25, 0.3) is 0 Å². The quantitative estimate of drug-likeness (QED) is 0.849. The molecule has 1 aliphatic carbocycles. The molecule has 0 amide bonds. The SMILES string of the molecule is CNCc1sc(C2CCC2)nc1C(C)C. The predicted octanol–water partition coefficient (Wildman–Crippen LogP) is 3.25. The van der Waals surface area contributed by atoms with E-state index in [1.54, 1.807) is 0 Å². The van der Waals surface area contributed by atoms with Crippen molar-refractivity contribution in [2.24, 2.45) is 0 Å². The number of rotatable bonds is 4. The summed E-state index contributed by atoms with van der Waals surface area (Å²) in [5.74, 6) is 1.33. The molecule has 0 bridgehead atoms. The first-order valence-corrected chi connectivity index (χ1v) is 6.68. The van der Waals surface area contributed by atoms with Gasteiger partial charge in [-0.1, -0.05) is 20.3 Å². The van der Waals surface area contributed by atoms with Crippen LogP contribution in [0.1, 0.15) is 60.5 Å². The molecule has 0 unspecified atom stereocenters. The highest BCUT2D eigenvalue weighted by atomic mass is 32.1. The largest absolute Gasteiger partial charge is 0.315 e. The Balaban J connectivity index is 2.22. The highest BCUT2D eigenvalue weighted by Gasteiger charge is 2.24. The van der Waals surface area contributed by atoms with Crippen LogP contribution >= 0.6 is 11.3 Å². The van der Waals surface area contributed by atoms with Crippen LogP contribution in [0.15, 0.2) is 0 Å². The zero-order valence-electron chi connectivity index (χ0n) is 9.84. The summed E-state index contributed by atoms with van der Waals surface area (Å²) in [6, 6.07) is 0. The first-order chi connectivity index (χ1) is 7.22. The van der Waals surface area contributed by atoms with Crippen LogP contribution in [0.4, 0.5) is 0 Å². The van der Waals surface area contributed by atoms with Gasteiger partial charge in [-0.15, -0.1) is 11.3 Å². The molecule has 1 aromatic heterocycles. The first kappa shape index (κ1) is 11.1. The highest BCUT2D eigenvalue weighted by Crippen LogP contribution is 2.40. The highest BCUT2D eigenvalue weighted by molar-refractivity contribution is 7.11. The lowest BCUT2D eigenvalue weighted by molar-refractivity contribution is 0.417. The molecule has 0 aliphatic heterocycles. The maximum atomic E-state index is 4.83. The van der Waals surface area contributed by atoms with Gasteiger partial charge in [-0.05, 0) is 25.8 Å². The molecule has 0 aromatic carbocycles. The maximum Gasteiger partial charge on any atom is 0.0962 e. The number of aromatic nitrogens is 1. The molecule has 0 atom stereocenters. The minimum Gasteiger partial charge on any atom is -0.315 e. The zero-order chi connectivity index (χ0) is 10.8. The molecular weight excluding hydrogens is 204 g/mol. The molecule has 1 heterocycles. The smallest absolute Gasteiger partial charge is 0.0962 e. The summed E-state index contributed by atoms with van der Waals surface area (Å²) < 4.78 is 0. The summed E-state index contributed by atoms with van der Waals surface area (Å²) in [7, 11) is 2.01. The second-order valence-electron chi connectivity index (χ2n) is 4.67. The number of nitrogens with zero attached hydrogens (tertiary/aromatic N) is 1. The second kappa shape index (κ2) is 4.62. The number of nitrogens with one attached hydrogen (secondary N) is 1. The third kappa shape index (κ3) is 2.23. The Morgan fingerprint density at radius 1 is 1.47 bits per heavy atom. The second-order valence-corrected chi connectivity index (χ2v) is 5.79. The van der Waals surface area contributed by atoms with E-state index in [1.165, 1.54) is 34.8 Å². The van der Waals surface area contributed by atoms with Gasteiger partial charge in [0, 0.05) is 17.3 Å². The average molecular weight is 224 g/mol. The molecular formula is C12H20N2S. The number of hydrogen-bond acceptors (Lipinski definition) is 3. The molecule has 1 fully saturated rings. The summed E-state index contributed by atoms with van der Waals surface area (Å²) in [5, 5.41) is 4.62. The average Bonchev–Trinajstić information content (AvgIpc) is 2.46. The van der Waals surface area contributed by atoms with Gasteiger partial charge in [0.2, 0.25) is 0 Å². The van der Waals surface area contributed by atoms with Crippen molar-refractivity contribution in [3.05, 3.63) is 15.6 Å². The Hall–Kier alpha value is -0.410. The van der Waals surface area contributed by atoms with Crippen LogP contribution in [-0.4, -0.2) is 12.0 Å². The summed E-state index contributed by atoms with van der Waals surface area (Å²) in [4.78, 5) is 6.27. The van der Waals surface area contributed by atoms with E-state index >= 15 is 0 Å². The van der Waals surface area contributed by atoms with Gasteiger partial charge in [0.1, 0.15) is 0 Å². The summed E-state index contributed by atoms with van der Waals surface area (Å²) in [5.41, 5.74) is 1.32. The molecule has 1 saturated carbocycles. The molecule has 15 heavy (non-hydrogen) atoms. The lowest BCUT2D eigenvalue weighted by atomic mass is 9.86. The van der Waals surface area contributed by atoms with Crippen molar-refractivity contribution in [1.29, 1.82) is 0 Å². The molecule has 0 saturated heterocycles. The van der Waals surface area contributed by atoms with Crippen molar-refractivity contribution in [2.75, 3.05) is 7.05 Å². The van der Waals surface area contributed by atoms with Crippen molar-refractivity contribution in [2.45, 2.75) is 51.5 Å². The molecule has 1 aliphatic rings. The standard InChI is InChI=1S/C12H20N2S/c1-8(2)11-10(7-13-3)15-12(14-11)9-5-4-6-9/h8-9,13H,4-7H2,1-3H3. The van der Waals surface area contributed by atoms with Crippen molar-refractivity contribution in [3.63, 3.8) is 0 Å². The molecule has 2 rings (SSSR count). The maximum absolute atomic E-state index is 4.83. The van der Waals surface area contributed by atoms with Crippen molar-refractivity contribution < 1.29 is 0 Å². The summed E-state index contributed by atoms with van der Waals surface area (Å²) in [6.07, 6.45) is 4.09. The van der Waals surface area contributed by atoms with Gasteiger partial charge in [-0.25, -0.2) is 4.98 Å². The predicted molar refractivity (Wildman–Crippen MR) is 65.6 cm³/mol. The fraction of sp³-hybridized carbons (Fsp3) is 0.750. The van der Waals surface area contributed by atoms with E-state index in [9.17, 15) is 0 Å². The van der Waals surface area contributed by atoms with Crippen LogP contribution in [0, 0.1) is 0 Å². The lowest BCUT2D eigenvalue weighted by Gasteiger charge is -2.22. The van der Waals surface area contributed by atoms with Crippen LogP contribution < -0.4 is 5.32 Å². The minimum absolute atomic E-state index is 0.554. The lowest BCUT2D eigenvalue weighted by Crippen LogP contribution is -2.08. The molecule has 1 aromatic rings. The van der Waals surface area contributed by atoms with E-state index in [2.05, 4.69) is 19.2 Å². The number of thiazole rings is 1.